The maximum Gasteiger partial charge on any atom is 0.465 e. The normalized spacial score (nSPS) is 14.0. The van der Waals surface area contributed by atoms with Gasteiger partial charge in [0.1, 0.15) is 0 Å². The second-order valence-electron chi connectivity index (χ2n) is 2.23. The maximum absolute atomic E-state index is 11.7. The van der Waals surface area contributed by atoms with Crippen LogP contribution in [0, 0.1) is 0 Å². The molecular weight excluding hydrogens is 222 g/mol. The van der Waals surface area contributed by atoms with Crippen molar-refractivity contribution >= 4 is 5.97 Å². The Morgan fingerprint density at radius 3 is 1.43 bits per heavy atom. The van der Waals surface area contributed by atoms with Gasteiger partial charge in [0.25, 0.3) is 0 Å². The number of hydrogen-bond donors (Lipinski definition) is 1. The van der Waals surface area contributed by atoms with Crippen molar-refractivity contribution in [2.24, 2.45) is 0 Å². The third-order valence-electron chi connectivity index (χ3n) is 1.06. The molecule has 0 aliphatic heterocycles. The fourth-order valence-electron chi connectivity index (χ4n) is 0.484. The number of esters is 1. The molecule has 0 spiro atoms. The molecule has 84 valence electrons. The SMILES string of the molecule is CC(=O)OC(O)(C(F)(F)F)C(F)(F)F. The standard InChI is InChI=1S/C5H4F6O3/c1-2(12)14-3(13,4(6,7)8)5(9,10)11/h13H,1H3. The van der Waals surface area contributed by atoms with E-state index < -0.39 is 24.1 Å². The average molecular weight is 226 g/mol. The highest BCUT2D eigenvalue weighted by atomic mass is 19.4. The largest absolute Gasteiger partial charge is 0.465 e. The van der Waals surface area contributed by atoms with Crippen LogP contribution in [0.3, 0.4) is 0 Å². The number of carbonyl (C=O) groups excluding carboxylic acids is 1. The molecule has 0 aromatic carbocycles. The van der Waals surface area contributed by atoms with E-state index in [1.807, 2.05) is 0 Å². The van der Waals surface area contributed by atoms with Crippen molar-refractivity contribution in [1.29, 1.82) is 0 Å². The molecule has 0 atom stereocenters. The minimum absolute atomic E-state index is 0.308. The molecule has 0 aromatic heterocycles. The highest BCUT2D eigenvalue weighted by Gasteiger charge is 2.74. The summed E-state index contributed by atoms with van der Waals surface area (Å²) in [4.78, 5) is 9.97. The van der Waals surface area contributed by atoms with Gasteiger partial charge in [0.15, 0.2) is 0 Å². The minimum atomic E-state index is -6.14. The zero-order valence-corrected chi connectivity index (χ0v) is 6.53. The lowest BCUT2D eigenvalue weighted by Crippen LogP contribution is -2.59. The summed E-state index contributed by atoms with van der Waals surface area (Å²) in [6.07, 6.45) is -12.3. The van der Waals surface area contributed by atoms with Gasteiger partial charge in [-0.2, -0.15) is 26.3 Å². The number of rotatable bonds is 1. The molecular formula is C5H4F6O3. The molecule has 0 rings (SSSR count). The topological polar surface area (TPSA) is 46.5 Å². The van der Waals surface area contributed by atoms with Crippen LogP contribution in [-0.4, -0.2) is 29.2 Å². The van der Waals surface area contributed by atoms with Gasteiger partial charge in [-0.1, -0.05) is 0 Å². The molecule has 0 amide bonds. The van der Waals surface area contributed by atoms with Crippen LogP contribution < -0.4 is 0 Å². The summed E-state index contributed by atoms with van der Waals surface area (Å²) in [5.41, 5.74) is 0. The fourth-order valence-corrected chi connectivity index (χ4v) is 0.484. The molecule has 0 saturated heterocycles. The monoisotopic (exact) mass is 226 g/mol. The van der Waals surface area contributed by atoms with E-state index in [1.165, 1.54) is 0 Å². The van der Waals surface area contributed by atoms with Gasteiger partial charge in [-0.3, -0.25) is 4.79 Å². The van der Waals surface area contributed by atoms with Crippen LogP contribution in [0.5, 0.6) is 0 Å². The van der Waals surface area contributed by atoms with Crippen LogP contribution in [-0.2, 0) is 9.53 Å². The van der Waals surface area contributed by atoms with E-state index in [1.54, 1.807) is 0 Å². The van der Waals surface area contributed by atoms with Gasteiger partial charge in [-0.15, -0.1) is 0 Å². The molecule has 14 heavy (non-hydrogen) atoms. The second-order valence-corrected chi connectivity index (χ2v) is 2.23. The smallest absolute Gasteiger partial charge is 0.416 e. The third-order valence-corrected chi connectivity index (χ3v) is 1.06. The van der Waals surface area contributed by atoms with E-state index in [4.69, 9.17) is 5.11 Å². The van der Waals surface area contributed by atoms with Gasteiger partial charge in [-0.05, 0) is 0 Å². The predicted molar refractivity (Wildman–Crippen MR) is 28.8 cm³/mol. The summed E-state index contributed by atoms with van der Waals surface area (Å²) in [6.45, 7) is 0.308. The number of halogens is 6. The van der Waals surface area contributed by atoms with Gasteiger partial charge in [0.05, 0.1) is 0 Å². The summed E-state index contributed by atoms with van der Waals surface area (Å²) >= 11 is 0. The molecule has 0 aliphatic rings. The first-order valence-electron chi connectivity index (χ1n) is 2.97. The van der Waals surface area contributed by atoms with E-state index in [-0.39, 0.29) is 0 Å². The number of aliphatic hydroxyl groups is 1. The molecule has 0 bridgehead atoms. The summed E-state index contributed by atoms with van der Waals surface area (Å²) in [5, 5.41) is 8.16. The van der Waals surface area contributed by atoms with Crippen molar-refractivity contribution in [2.75, 3.05) is 0 Å². The second kappa shape index (κ2) is 3.30. The predicted octanol–water partition coefficient (Wildman–Crippen LogP) is 1.36. The lowest BCUT2D eigenvalue weighted by atomic mass is 10.2. The summed E-state index contributed by atoms with van der Waals surface area (Å²) in [6, 6.07) is 0. The molecule has 0 aromatic rings. The van der Waals surface area contributed by atoms with Crippen LogP contribution in [0.4, 0.5) is 26.3 Å². The van der Waals surface area contributed by atoms with Crippen LogP contribution in [0.1, 0.15) is 6.92 Å². The van der Waals surface area contributed by atoms with E-state index in [0.717, 1.165) is 0 Å². The third kappa shape index (κ3) is 2.28. The van der Waals surface area contributed by atoms with Crippen LogP contribution >= 0.6 is 0 Å². The van der Waals surface area contributed by atoms with Gasteiger partial charge in [0, 0.05) is 6.92 Å². The fraction of sp³-hybridized carbons (Fsp3) is 0.800. The van der Waals surface area contributed by atoms with Crippen molar-refractivity contribution in [3.63, 3.8) is 0 Å². The van der Waals surface area contributed by atoms with Crippen molar-refractivity contribution in [2.45, 2.75) is 25.1 Å². The highest BCUT2D eigenvalue weighted by Crippen LogP contribution is 2.43. The lowest BCUT2D eigenvalue weighted by Gasteiger charge is -2.30. The maximum atomic E-state index is 11.7. The van der Waals surface area contributed by atoms with Crippen LogP contribution in [0.25, 0.3) is 0 Å². The van der Waals surface area contributed by atoms with Crippen molar-refractivity contribution in [1.82, 2.24) is 0 Å². The van der Waals surface area contributed by atoms with Crippen molar-refractivity contribution < 1.29 is 41.0 Å². The lowest BCUT2D eigenvalue weighted by molar-refractivity contribution is -0.444. The van der Waals surface area contributed by atoms with E-state index in [9.17, 15) is 31.1 Å². The first-order valence-corrected chi connectivity index (χ1v) is 2.97. The zero-order valence-electron chi connectivity index (χ0n) is 6.53. The number of alkyl halides is 6. The number of carbonyl (C=O) groups is 1. The van der Waals surface area contributed by atoms with E-state index >= 15 is 0 Å². The summed E-state index contributed by atoms with van der Waals surface area (Å²) in [7, 11) is 0. The van der Waals surface area contributed by atoms with Crippen LogP contribution in [0.15, 0.2) is 0 Å². The Hall–Kier alpha value is -0.990. The Morgan fingerprint density at radius 2 is 1.36 bits per heavy atom. The molecule has 1 N–H and O–H groups in total. The van der Waals surface area contributed by atoms with E-state index in [2.05, 4.69) is 4.74 Å². The minimum Gasteiger partial charge on any atom is -0.416 e. The van der Waals surface area contributed by atoms with Crippen molar-refractivity contribution in [3.8, 4) is 0 Å². The number of hydrogen-bond acceptors (Lipinski definition) is 3. The molecule has 3 nitrogen and oxygen atoms in total. The first-order chi connectivity index (χ1) is 5.92. The van der Waals surface area contributed by atoms with Gasteiger partial charge < -0.3 is 9.84 Å². The van der Waals surface area contributed by atoms with Gasteiger partial charge in [-0.25, -0.2) is 0 Å². The molecule has 9 heteroatoms. The highest BCUT2D eigenvalue weighted by molar-refractivity contribution is 5.66. The first kappa shape index (κ1) is 13.0. The van der Waals surface area contributed by atoms with Crippen LogP contribution in [0.2, 0.25) is 0 Å². The summed E-state index contributed by atoms with van der Waals surface area (Å²) < 4.78 is 73.1. The molecule has 0 saturated carbocycles. The van der Waals surface area contributed by atoms with Gasteiger partial charge in [0.2, 0.25) is 0 Å². The molecule has 0 heterocycles. The Morgan fingerprint density at radius 1 is 1.07 bits per heavy atom. The van der Waals surface area contributed by atoms with Crippen molar-refractivity contribution in [3.05, 3.63) is 0 Å². The molecule has 0 fully saturated rings. The Kier molecular flexibility index (Phi) is 3.06. The zero-order chi connectivity index (χ0) is 11.8. The molecule has 0 aliphatic carbocycles. The number of ether oxygens (including phenoxy) is 1. The Bertz CT molecular complexity index is 215. The Balaban J connectivity index is 5.18. The average Bonchev–Trinajstić information content (AvgIpc) is 1.79. The molecule has 0 unspecified atom stereocenters. The summed E-state index contributed by atoms with van der Waals surface area (Å²) in [5.74, 6) is -7.35. The van der Waals surface area contributed by atoms with E-state index in [0.29, 0.717) is 6.92 Å². The van der Waals surface area contributed by atoms with Gasteiger partial charge >= 0.3 is 24.1 Å². The molecule has 0 radical (unpaired) electrons. The Labute approximate surface area is 73.3 Å². The quantitative estimate of drug-likeness (QED) is 0.417.